The number of nitrogens with zero attached hydrogens (tertiary/aromatic N) is 2. The topological polar surface area (TPSA) is 15.7 Å². The average Bonchev–Trinajstić information content (AvgIpc) is 3.11. The standard InChI is InChI=1S/C42H26F2N2O/c43-29-16-20-33(21-17-29)45(31-8-3-1-4-9-31)35-24-27-14-15-28-25-37(36-12-7-13-38-42(36)41(28)40(27)39(26-35)47-38)46(32-10-5-2-6-11-32)34-22-18-30(44)19-23-34/h1-26H. The van der Waals surface area contributed by atoms with E-state index in [1.165, 1.54) is 24.3 Å². The third-order valence-electron chi connectivity index (χ3n) is 8.86. The number of halogens is 2. The van der Waals surface area contributed by atoms with Gasteiger partial charge in [-0.3, -0.25) is 0 Å². The summed E-state index contributed by atoms with van der Waals surface area (Å²) in [4.78, 5) is 4.28. The van der Waals surface area contributed by atoms with E-state index in [0.29, 0.717) is 0 Å². The highest BCUT2D eigenvalue weighted by atomic mass is 19.1. The van der Waals surface area contributed by atoms with Crippen LogP contribution in [0.15, 0.2) is 158 Å². The maximum Gasteiger partial charge on any atom is 0.138 e. The second-order valence-corrected chi connectivity index (χ2v) is 11.7. The third-order valence-corrected chi connectivity index (χ3v) is 8.86. The molecule has 224 valence electrons. The number of para-hydroxylation sites is 2. The first-order valence-electron chi connectivity index (χ1n) is 15.5. The first-order chi connectivity index (χ1) is 23.1. The molecule has 3 nitrogen and oxygen atoms in total. The lowest BCUT2D eigenvalue weighted by Crippen LogP contribution is -2.11. The van der Waals surface area contributed by atoms with Gasteiger partial charge in [0, 0.05) is 50.4 Å². The first-order valence-corrected chi connectivity index (χ1v) is 15.5. The Morgan fingerprint density at radius 1 is 0.383 bits per heavy atom. The zero-order chi connectivity index (χ0) is 31.5. The second-order valence-electron chi connectivity index (χ2n) is 11.7. The molecule has 0 saturated carbocycles. The van der Waals surface area contributed by atoms with Crippen LogP contribution in [0, 0.1) is 11.6 Å². The second kappa shape index (κ2) is 10.7. The molecule has 9 rings (SSSR count). The van der Waals surface area contributed by atoms with Crippen molar-refractivity contribution in [1.29, 1.82) is 0 Å². The van der Waals surface area contributed by atoms with Gasteiger partial charge in [0.2, 0.25) is 0 Å². The van der Waals surface area contributed by atoms with Crippen LogP contribution >= 0.6 is 0 Å². The van der Waals surface area contributed by atoms with Crippen LogP contribution in [0.5, 0.6) is 11.5 Å². The molecule has 0 atom stereocenters. The Labute approximate surface area is 270 Å². The minimum atomic E-state index is -0.282. The molecule has 0 aliphatic carbocycles. The van der Waals surface area contributed by atoms with Crippen molar-refractivity contribution in [3.8, 4) is 11.5 Å². The zero-order valence-corrected chi connectivity index (χ0v) is 25.1. The average molecular weight is 613 g/mol. The van der Waals surface area contributed by atoms with Gasteiger partial charge in [-0.05, 0) is 102 Å². The van der Waals surface area contributed by atoms with Gasteiger partial charge in [0.25, 0.3) is 0 Å². The van der Waals surface area contributed by atoms with Crippen molar-refractivity contribution < 1.29 is 13.5 Å². The first kappa shape index (κ1) is 27.1. The lowest BCUT2D eigenvalue weighted by molar-refractivity contribution is 0.493. The molecule has 8 aromatic rings. The molecule has 0 saturated heterocycles. The third kappa shape index (κ3) is 4.47. The van der Waals surface area contributed by atoms with E-state index in [-0.39, 0.29) is 11.6 Å². The normalized spacial score (nSPS) is 11.8. The van der Waals surface area contributed by atoms with Crippen LogP contribution in [0.2, 0.25) is 0 Å². The van der Waals surface area contributed by atoms with Gasteiger partial charge in [-0.25, -0.2) is 8.78 Å². The van der Waals surface area contributed by atoms with E-state index in [2.05, 4.69) is 58.3 Å². The van der Waals surface area contributed by atoms with Gasteiger partial charge in [0.1, 0.15) is 23.1 Å². The van der Waals surface area contributed by atoms with Crippen molar-refractivity contribution in [2.45, 2.75) is 0 Å². The smallest absolute Gasteiger partial charge is 0.138 e. The molecule has 1 heterocycles. The van der Waals surface area contributed by atoms with E-state index in [4.69, 9.17) is 4.74 Å². The van der Waals surface area contributed by atoms with Gasteiger partial charge >= 0.3 is 0 Å². The Kier molecular flexibility index (Phi) is 6.18. The fourth-order valence-corrected chi connectivity index (χ4v) is 6.85. The quantitative estimate of drug-likeness (QED) is 0.174. The maximum absolute atomic E-state index is 14.1. The lowest BCUT2D eigenvalue weighted by Gasteiger charge is -2.30. The van der Waals surface area contributed by atoms with Crippen LogP contribution in [0.3, 0.4) is 0 Å². The van der Waals surface area contributed by atoms with Crippen molar-refractivity contribution in [3.05, 3.63) is 169 Å². The Bertz CT molecular complexity index is 2450. The summed E-state index contributed by atoms with van der Waals surface area (Å²) in [6.45, 7) is 0. The monoisotopic (exact) mass is 612 g/mol. The molecule has 0 amide bonds. The summed E-state index contributed by atoms with van der Waals surface area (Å²) in [5.74, 6) is 0.971. The Hall–Kier alpha value is -6.20. The van der Waals surface area contributed by atoms with E-state index in [0.717, 1.165) is 77.9 Å². The lowest BCUT2D eigenvalue weighted by atomic mass is 9.91. The molecule has 0 fully saturated rings. The van der Waals surface area contributed by atoms with Gasteiger partial charge in [0.15, 0.2) is 0 Å². The van der Waals surface area contributed by atoms with Gasteiger partial charge in [-0.2, -0.15) is 0 Å². The van der Waals surface area contributed by atoms with Crippen molar-refractivity contribution in [1.82, 2.24) is 0 Å². The fourth-order valence-electron chi connectivity index (χ4n) is 6.85. The van der Waals surface area contributed by atoms with E-state index < -0.39 is 0 Å². The van der Waals surface area contributed by atoms with Crippen molar-refractivity contribution >= 4 is 66.4 Å². The van der Waals surface area contributed by atoms with Crippen molar-refractivity contribution in [3.63, 3.8) is 0 Å². The van der Waals surface area contributed by atoms with Gasteiger partial charge < -0.3 is 14.5 Å². The molecule has 1 aliphatic heterocycles. The molecule has 0 bridgehead atoms. The number of rotatable bonds is 6. The molecule has 0 N–H and O–H groups in total. The summed E-state index contributed by atoms with van der Waals surface area (Å²) in [5.41, 5.74) is 5.50. The summed E-state index contributed by atoms with van der Waals surface area (Å²) >= 11 is 0. The minimum absolute atomic E-state index is 0.279. The van der Waals surface area contributed by atoms with Gasteiger partial charge in [-0.1, -0.05) is 60.7 Å². The molecular weight excluding hydrogens is 586 g/mol. The van der Waals surface area contributed by atoms with Crippen molar-refractivity contribution in [2.24, 2.45) is 0 Å². The molecule has 0 spiro atoms. The number of hydrogen-bond acceptors (Lipinski definition) is 3. The molecule has 1 aliphatic rings. The highest BCUT2D eigenvalue weighted by molar-refractivity contribution is 6.28. The van der Waals surface area contributed by atoms with E-state index in [9.17, 15) is 8.78 Å². The van der Waals surface area contributed by atoms with Crippen LogP contribution in [0.25, 0.3) is 32.3 Å². The summed E-state index contributed by atoms with van der Waals surface area (Å²) < 4.78 is 34.8. The van der Waals surface area contributed by atoms with Crippen LogP contribution < -0.4 is 14.5 Å². The minimum Gasteiger partial charge on any atom is -0.456 e. The molecule has 5 heteroatoms. The summed E-state index contributed by atoms with van der Waals surface area (Å²) in [6.07, 6.45) is 0. The van der Waals surface area contributed by atoms with E-state index in [1.807, 2.05) is 72.8 Å². The molecular formula is C42H26F2N2O. The molecule has 8 aromatic carbocycles. The predicted octanol–water partition coefficient (Wildman–Crippen LogP) is 12.5. The Morgan fingerprint density at radius 2 is 0.936 bits per heavy atom. The van der Waals surface area contributed by atoms with E-state index >= 15 is 0 Å². The number of anilines is 6. The molecule has 0 unspecified atom stereocenters. The maximum atomic E-state index is 14.1. The van der Waals surface area contributed by atoms with E-state index in [1.54, 1.807) is 12.1 Å². The summed E-state index contributed by atoms with van der Waals surface area (Å²) in [7, 11) is 0. The van der Waals surface area contributed by atoms with Crippen LogP contribution in [0.4, 0.5) is 42.9 Å². The molecule has 47 heavy (non-hydrogen) atoms. The fraction of sp³-hybridized carbons (Fsp3) is 0. The Morgan fingerprint density at radius 3 is 1.57 bits per heavy atom. The molecule has 0 aromatic heterocycles. The number of benzene rings is 8. The zero-order valence-electron chi connectivity index (χ0n) is 25.1. The van der Waals surface area contributed by atoms with Gasteiger partial charge in [0.05, 0.1) is 11.4 Å². The Balaban J connectivity index is 1.29. The van der Waals surface area contributed by atoms with Crippen LogP contribution in [-0.2, 0) is 0 Å². The number of hydrogen-bond donors (Lipinski definition) is 0. The highest BCUT2D eigenvalue weighted by Gasteiger charge is 2.26. The highest BCUT2D eigenvalue weighted by Crippen LogP contribution is 2.52. The van der Waals surface area contributed by atoms with Crippen LogP contribution in [-0.4, -0.2) is 0 Å². The summed E-state index contributed by atoms with van der Waals surface area (Å²) in [6, 6.07) is 50.3. The number of ether oxygens (including phenoxy) is 1. The van der Waals surface area contributed by atoms with Gasteiger partial charge in [-0.15, -0.1) is 0 Å². The largest absolute Gasteiger partial charge is 0.456 e. The predicted molar refractivity (Wildman–Crippen MR) is 188 cm³/mol. The molecule has 0 radical (unpaired) electrons. The van der Waals surface area contributed by atoms with Crippen molar-refractivity contribution in [2.75, 3.05) is 9.80 Å². The SMILES string of the molecule is Fc1ccc(N(c2ccccc2)c2cc3c4c(ccc5cc(N(c6ccccc6)c6ccc(F)cc6)c6cccc(c6c54)O3)c2)cc1. The summed E-state index contributed by atoms with van der Waals surface area (Å²) in [5, 5.41) is 6.35. The van der Waals surface area contributed by atoms with Crippen LogP contribution in [0.1, 0.15) is 0 Å².